The Balaban J connectivity index is 1.85. The van der Waals surface area contributed by atoms with Gasteiger partial charge in [-0.15, -0.1) is 0 Å². The van der Waals surface area contributed by atoms with E-state index in [1.165, 1.54) is 22.3 Å². The topological polar surface area (TPSA) is 55.8 Å². The predicted octanol–water partition coefficient (Wildman–Crippen LogP) is 5.92. The second-order valence-electron chi connectivity index (χ2n) is 8.15. The van der Waals surface area contributed by atoms with Crippen LogP contribution in [-0.2, 0) is 22.4 Å². The van der Waals surface area contributed by atoms with Crippen LogP contribution in [0.3, 0.4) is 0 Å². The average Bonchev–Trinajstić information content (AvgIpc) is 2.82. The van der Waals surface area contributed by atoms with E-state index in [-0.39, 0.29) is 19.8 Å². The Kier molecular flexibility index (Phi) is 8.45. The van der Waals surface area contributed by atoms with Gasteiger partial charge in [0.05, 0.1) is 0 Å². The first kappa shape index (κ1) is 24.3. The van der Waals surface area contributed by atoms with E-state index in [2.05, 4.69) is 69.0 Å². The van der Waals surface area contributed by atoms with Crippen molar-refractivity contribution in [3.8, 4) is 28.0 Å². The monoisotopic (exact) mass is 444 g/mol. The summed E-state index contributed by atoms with van der Waals surface area (Å²) in [6.45, 7) is 9.84. The molecule has 0 saturated heterocycles. The summed E-state index contributed by atoms with van der Waals surface area (Å²) in [4.78, 5) is 11.6. The lowest BCUT2D eigenvalue weighted by Crippen LogP contribution is -2.13. The second kappa shape index (κ2) is 11.5. The Labute approximate surface area is 196 Å². The third-order valence-electron chi connectivity index (χ3n) is 5.55. The molecule has 0 aliphatic heterocycles. The fraction of sp³-hybridized carbons (Fsp3) is 0.276. The highest BCUT2D eigenvalue weighted by Gasteiger charge is 2.11. The summed E-state index contributed by atoms with van der Waals surface area (Å²) >= 11 is 0. The second-order valence-corrected chi connectivity index (χ2v) is 8.15. The van der Waals surface area contributed by atoms with Crippen molar-refractivity contribution in [2.45, 2.75) is 33.6 Å². The third-order valence-corrected chi connectivity index (χ3v) is 5.55. The van der Waals surface area contributed by atoms with Crippen molar-refractivity contribution in [2.75, 3.05) is 19.8 Å². The lowest BCUT2D eigenvalue weighted by Gasteiger charge is -2.16. The summed E-state index contributed by atoms with van der Waals surface area (Å²) in [5, 5.41) is 9.44. The Hall–Kier alpha value is -3.37. The van der Waals surface area contributed by atoms with E-state index in [1.54, 1.807) is 6.92 Å². The zero-order valence-electron chi connectivity index (χ0n) is 19.7. The molecule has 0 radical (unpaired) electrons. The van der Waals surface area contributed by atoms with Crippen molar-refractivity contribution in [1.82, 2.24) is 0 Å². The number of esters is 1. The number of aliphatic hydroxyl groups excluding tert-OH is 1. The van der Waals surface area contributed by atoms with Crippen LogP contribution in [0.5, 0.6) is 5.75 Å². The molecule has 4 heteroatoms. The summed E-state index contributed by atoms with van der Waals surface area (Å²) in [5.74, 6) is 0.266. The molecule has 0 fully saturated rings. The summed E-state index contributed by atoms with van der Waals surface area (Å²) < 4.78 is 11.1. The number of hydrogen-bond donors (Lipinski definition) is 1. The van der Waals surface area contributed by atoms with E-state index in [1.807, 2.05) is 12.1 Å². The van der Waals surface area contributed by atoms with Crippen LogP contribution in [0.2, 0.25) is 0 Å². The molecule has 4 nitrogen and oxygen atoms in total. The maximum absolute atomic E-state index is 11.6. The van der Waals surface area contributed by atoms with Crippen LogP contribution in [0.25, 0.3) is 22.3 Å². The van der Waals surface area contributed by atoms with Crippen LogP contribution in [0.15, 0.2) is 72.8 Å². The SMILES string of the molecule is C=C(C)C(=O)OCCOc1cc(-c2ccc(-c3ccc(C)cc3)cc2CC)ccc1CCO. The van der Waals surface area contributed by atoms with Crippen molar-refractivity contribution in [3.05, 3.63) is 89.5 Å². The van der Waals surface area contributed by atoms with E-state index >= 15 is 0 Å². The van der Waals surface area contributed by atoms with E-state index in [9.17, 15) is 9.90 Å². The third kappa shape index (κ3) is 6.33. The lowest BCUT2D eigenvalue weighted by molar-refractivity contribution is -0.139. The van der Waals surface area contributed by atoms with Gasteiger partial charge in [-0.2, -0.15) is 0 Å². The molecule has 0 heterocycles. The van der Waals surface area contributed by atoms with Gasteiger partial charge in [-0.1, -0.05) is 73.7 Å². The van der Waals surface area contributed by atoms with Gasteiger partial charge in [0.15, 0.2) is 0 Å². The number of aliphatic hydroxyl groups is 1. The molecule has 1 N–H and O–H groups in total. The molecule has 33 heavy (non-hydrogen) atoms. The zero-order chi connectivity index (χ0) is 23.8. The van der Waals surface area contributed by atoms with Gasteiger partial charge in [0.25, 0.3) is 0 Å². The minimum absolute atomic E-state index is 0.0335. The Morgan fingerprint density at radius 2 is 1.61 bits per heavy atom. The quantitative estimate of drug-likeness (QED) is 0.239. The first-order valence-corrected chi connectivity index (χ1v) is 11.3. The largest absolute Gasteiger partial charge is 0.490 e. The van der Waals surface area contributed by atoms with Crippen LogP contribution in [-0.4, -0.2) is 30.9 Å². The summed E-state index contributed by atoms with van der Waals surface area (Å²) in [6.07, 6.45) is 1.40. The standard InChI is InChI=1S/C29H32O4/c1-5-22-18-25(23-8-6-21(4)7-9-23)12-13-27(22)26-11-10-24(14-15-30)28(19-26)32-16-17-33-29(31)20(2)3/h6-13,18-19,30H,2,5,14-17H2,1,3-4H3. The average molecular weight is 445 g/mol. The maximum Gasteiger partial charge on any atom is 0.333 e. The van der Waals surface area contributed by atoms with E-state index in [4.69, 9.17) is 9.47 Å². The minimum atomic E-state index is -0.427. The van der Waals surface area contributed by atoms with Crippen molar-refractivity contribution >= 4 is 5.97 Å². The first-order valence-electron chi connectivity index (χ1n) is 11.3. The maximum atomic E-state index is 11.6. The molecule has 3 aromatic carbocycles. The fourth-order valence-corrected chi connectivity index (χ4v) is 3.69. The normalized spacial score (nSPS) is 10.7. The Bertz CT molecular complexity index is 1110. The smallest absolute Gasteiger partial charge is 0.333 e. The highest BCUT2D eigenvalue weighted by Crippen LogP contribution is 2.33. The number of hydrogen-bond acceptors (Lipinski definition) is 4. The van der Waals surface area contributed by atoms with Gasteiger partial charge in [0.1, 0.15) is 19.0 Å². The first-order chi connectivity index (χ1) is 15.9. The molecular weight excluding hydrogens is 412 g/mol. The molecule has 0 saturated carbocycles. The Morgan fingerprint density at radius 1 is 0.909 bits per heavy atom. The van der Waals surface area contributed by atoms with Crippen LogP contribution in [0, 0.1) is 6.92 Å². The van der Waals surface area contributed by atoms with Crippen molar-refractivity contribution < 1.29 is 19.4 Å². The highest BCUT2D eigenvalue weighted by atomic mass is 16.6. The Morgan fingerprint density at radius 3 is 2.27 bits per heavy atom. The fourth-order valence-electron chi connectivity index (χ4n) is 3.69. The van der Waals surface area contributed by atoms with Crippen LogP contribution in [0.4, 0.5) is 0 Å². The van der Waals surface area contributed by atoms with Crippen LogP contribution in [0.1, 0.15) is 30.5 Å². The predicted molar refractivity (Wildman–Crippen MR) is 133 cm³/mol. The lowest BCUT2D eigenvalue weighted by atomic mass is 9.92. The molecule has 0 bridgehead atoms. The number of carbonyl (C=O) groups is 1. The van der Waals surface area contributed by atoms with Gasteiger partial charge in [-0.25, -0.2) is 4.79 Å². The molecule has 3 rings (SSSR count). The molecule has 0 atom stereocenters. The molecule has 3 aromatic rings. The summed E-state index contributed by atoms with van der Waals surface area (Å²) in [5.41, 5.74) is 8.39. The molecule has 0 aromatic heterocycles. The van der Waals surface area contributed by atoms with Crippen LogP contribution >= 0.6 is 0 Å². The van der Waals surface area contributed by atoms with Gasteiger partial charge in [0.2, 0.25) is 0 Å². The van der Waals surface area contributed by atoms with E-state index < -0.39 is 5.97 Å². The molecule has 0 aliphatic carbocycles. The molecule has 172 valence electrons. The van der Waals surface area contributed by atoms with E-state index in [0.717, 1.165) is 23.1 Å². The van der Waals surface area contributed by atoms with Gasteiger partial charge < -0.3 is 14.6 Å². The minimum Gasteiger partial charge on any atom is -0.490 e. The summed E-state index contributed by atoms with van der Waals surface area (Å²) in [7, 11) is 0. The number of rotatable bonds is 10. The highest BCUT2D eigenvalue weighted by molar-refractivity contribution is 5.86. The van der Waals surface area contributed by atoms with Gasteiger partial charge >= 0.3 is 5.97 Å². The molecule has 0 aliphatic rings. The molecule has 0 unspecified atom stereocenters. The van der Waals surface area contributed by atoms with E-state index in [0.29, 0.717) is 17.7 Å². The number of carbonyl (C=O) groups excluding carboxylic acids is 1. The molecule has 0 spiro atoms. The van der Waals surface area contributed by atoms with Crippen LogP contribution < -0.4 is 4.74 Å². The van der Waals surface area contributed by atoms with Crippen molar-refractivity contribution in [2.24, 2.45) is 0 Å². The number of aryl methyl sites for hydroxylation is 2. The molecule has 0 amide bonds. The number of ether oxygens (including phenoxy) is 2. The van der Waals surface area contributed by atoms with Crippen molar-refractivity contribution in [3.63, 3.8) is 0 Å². The number of benzene rings is 3. The summed E-state index contributed by atoms with van der Waals surface area (Å²) in [6, 6.07) is 21.2. The van der Waals surface area contributed by atoms with Crippen molar-refractivity contribution in [1.29, 1.82) is 0 Å². The molecular formula is C29H32O4. The van der Waals surface area contributed by atoms with Gasteiger partial charge in [-0.3, -0.25) is 0 Å². The van der Waals surface area contributed by atoms with Gasteiger partial charge in [0, 0.05) is 12.2 Å². The van der Waals surface area contributed by atoms with Gasteiger partial charge in [-0.05, 0) is 66.1 Å². The zero-order valence-corrected chi connectivity index (χ0v) is 19.7.